The molecule has 0 aliphatic carbocycles. The number of aromatic nitrogens is 1. The van der Waals surface area contributed by atoms with Gasteiger partial charge in [-0.05, 0) is 18.2 Å². The van der Waals surface area contributed by atoms with Crippen molar-refractivity contribution in [1.82, 2.24) is 10.4 Å². The smallest absolute Gasteiger partial charge is 0.262 e. The summed E-state index contributed by atoms with van der Waals surface area (Å²) in [5.41, 5.74) is 6.80. The molecule has 2 heterocycles. The first kappa shape index (κ1) is 6.84. The van der Waals surface area contributed by atoms with Gasteiger partial charge in [-0.3, -0.25) is 20.6 Å². The molecule has 2 N–H and O–H groups in total. The predicted octanol–water partition coefficient (Wildman–Crippen LogP) is 0.551. The molecule has 4 nitrogen and oxygen atoms in total. The Morgan fingerprint density at radius 3 is 3.08 bits per heavy atom. The van der Waals surface area contributed by atoms with Gasteiger partial charge in [0.05, 0.1) is 11.4 Å². The molecule has 0 spiro atoms. The maximum Gasteiger partial charge on any atom is 0.262 e. The van der Waals surface area contributed by atoms with Gasteiger partial charge in [-0.15, -0.1) is 0 Å². The van der Waals surface area contributed by atoms with Crippen LogP contribution in [0.25, 0.3) is 6.08 Å². The number of nitrogens with zero attached hydrogens (tertiary/aromatic N) is 1. The molecule has 0 aromatic carbocycles. The van der Waals surface area contributed by atoms with Gasteiger partial charge in [-0.2, -0.15) is 0 Å². The van der Waals surface area contributed by atoms with Crippen LogP contribution in [0.15, 0.2) is 24.4 Å². The summed E-state index contributed by atoms with van der Waals surface area (Å²) in [6.07, 6.45) is 4.79. The molecule has 0 saturated carbocycles. The van der Waals surface area contributed by atoms with Gasteiger partial charge in [0.15, 0.2) is 0 Å². The van der Waals surface area contributed by atoms with Gasteiger partial charge in [0.25, 0.3) is 5.91 Å². The van der Waals surface area contributed by atoms with Crippen molar-refractivity contribution in [2.75, 3.05) is 5.43 Å². The van der Waals surface area contributed by atoms with E-state index in [1.165, 1.54) is 6.08 Å². The monoisotopic (exact) mass is 161 g/mol. The Bertz CT molecular complexity index is 346. The van der Waals surface area contributed by atoms with Gasteiger partial charge in [0.1, 0.15) is 0 Å². The summed E-state index contributed by atoms with van der Waals surface area (Å²) in [7, 11) is 0. The first-order valence-electron chi connectivity index (χ1n) is 3.55. The maximum absolute atomic E-state index is 10.9. The Kier molecular flexibility index (Phi) is 1.51. The molecule has 0 atom stereocenters. The molecule has 0 bridgehead atoms. The van der Waals surface area contributed by atoms with Crippen molar-refractivity contribution < 1.29 is 4.79 Å². The van der Waals surface area contributed by atoms with Crippen molar-refractivity contribution in [3.8, 4) is 0 Å². The van der Waals surface area contributed by atoms with E-state index in [2.05, 4.69) is 15.8 Å². The number of hydrogen-bond acceptors (Lipinski definition) is 3. The summed E-state index contributed by atoms with van der Waals surface area (Å²) in [6.45, 7) is 0. The van der Waals surface area contributed by atoms with E-state index in [-0.39, 0.29) is 5.91 Å². The van der Waals surface area contributed by atoms with E-state index < -0.39 is 0 Å². The highest BCUT2D eigenvalue weighted by atomic mass is 16.2. The molecule has 0 fully saturated rings. The maximum atomic E-state index is 10.9. The van der Waals surface area contributed by atoms with Crippen LogP contribution < -0.4 is 10.9 Å². The number of fused-ring (bicyclic) bond motifs is 1. The second-order valence-corrected chi connectivity index (χ2v) is 2.38. The van der Waals surface area contributed by atoms with E-state index in [9.17, 15) is 4.79 Å². The number of nitrogens with one attached hydrogen (secondary N) is 2. The molecule has 4 heteroatoms. The summed E-state index contributed by atoms with van der Waals surface area (Å²) in [6, 6.07) is 3.65. The molecule has 1 aliphatic heterocycles. The van der Waals surface area contributed by atoms with Crippen LogP contribution >= 0.6 is 0 Å². The fourth-order valence-electron chi connectivity index (χ4n) is 0.981. The zero-order valence-electron chi connectivity index (χ0n) is 6.24. The summed E-state index contributed by atoms with van der Waals surface area (Å²) in [5, 5.41) is 0. The fraction of sp³-hybridized carbons (Fsp3) is 0. The molecule has 1 aliphatic rings. The minimum atomic E-state index is -0.173. The molecule has 1 aromatic rings. The molecule has 12 heavy (non-hydrogen) atoms. The summed E-state index contributed by atoms with van der Waals surface area (Å²) in [5.74, 6) is -0.173. The zero-order valence-corrected chi connectivity index (χ0v) is 6.24. The Labute approximate surface area is 69.3 Å². The lowest BCUT2D eigenvalue weighted by molar-refractivity contribution is -0.115. The summed E-state index contributed by atoms with van der Waals surface area (Å²) in [4.78, 5) is 14.9. The highest BCUT2D eigenvalue weighted by molar-refractivity contribution is 5.94. The van der Waals surface area contributed by atoms with Gasteiger partial charge in [0.2, 0.25) is 0 Å². The lowest BCUT2D eigenvalue weighted by Crippen LogP contribution is -2.26. The van der Waals surface area contributed by atoms with Crippen molar-refractivity contribution >= 4 is 17.7 Å². The Balaban J connectivity index is 2.45. The van der Waals surface area contributed by atoms with E-state index >= 15 is 0 Å². The third-order valence-corrected chi connectivity index (χ3v) is 1.55. The zero-order chi connectivity index (χ0) is 8.39. The molecule has 1 aromatic heterocycles. The Morgan fingerprint density at radius 1 is 1.25 bits per heavy atom. The van der Waals surface area contributed by atoms with Crippen LogP contribution in [0.5, 0.6) is 0 Å². The number of amides is 1. The third kappa shape index (κ3) is 1.14. The van der Waals surface area contributed by atoms with Crippen LogP contribution in [0.4, 0.5) is 5.69 Å². The summed E-state index contributed by atoms with van der Waals surface area (Å²) < 4.78 is 0. The van der Waals surface area contributed by atoms with E-state index in [4.69, 9.17) is 0 Å². The fourth-order valence-corrected chi connectivity index (χ4v) is 0.981. The average molecular weight is 161 g/mol. The molecule has 0 saturated heterocycles. The van der Waals surface area contributed by atoms with E-state index in [1.54, 1.807) is 18.3 Å². The molecule has 1 amide bonds. The molecule has 0 unspecified atom stereocenters. The van der Waals surface area contributed by atoms with Gasteiger partial charge in [-0.1, -0.05) is 0 Å². The number of carbonyl (C=O) groups excluding carboxylic acids is 1. The van der Waals surface area contributed by atoms with Gasteiger partial charge >= 0.3 is 0 Å². The summed E-state index contributed by atoms with van der Waals surface area (Å²) >= 11 is 0. The highest BCUT2D eigenvalue weighted by Crippen LogP contribution is 2.13. The van der Waals surface area contributed by atoms with Crippen LogP contribution in [0, 0.1) is 0 Å². The molecule has 0 radical (unpaired) electrons. The van der Waals surface area contributed by atoms with Crippen LogP contribution in [0.1, 0.15) is 5.69 Å². The van der Waals surface area contributed by atoms with Gasteiger partial charge < -0.3 is 0 Å². The molecular weight excluding hydrogens is 154 g/mol. The second-order valence-electron chi connectivity index (χ2n) is 2.38. The highest BCUT2D eigenvalue weighted by Gasteiger charge is 2.04. The minimum absolute atomic E-state index is 0.173. The number of carbonyl (C=O) groups is 1. The lowest BCUT2D eigenvalue weighted by Gasteiger charge is -2.04. The SMILES string of the molecule is O=C1C=Cc2ncccc2NN1. The largest absolute Gasteiger partial charge is 0.296 e. The van der Waals surface area contributed by atoms with E-state index in [1.807, 2.05) is 6.07 Å². The van der Waals surface area contributed by atoms with Gasteiger partial charge in [0, 0.05) is 12.3 Å². The molecule has 60 valence electrons. The van der Waals surface area contributed by atoms with Crippen molar-refractivity contribution in [2.45, 2.75) is 0 Å². The Hall–Kier alpha value is -1.84. The topological polar surface area (TPSA) is 54.0 Å². The van der Waals surface area contributed by atoms with Crippen molar-refractivity contribution in [3.63, 3.8) is 0 Å². The lowest BCUT2D eigenvalue weighted by atomic mass is 10.3. The average Bonchev–Trinajstić information content (AvgIpc) is 2.29. The van der Waals surface area contributed by atoms with Gasteiger partial charge in [-0.25, -0.2) is 0 Å². The standard InChI is InChI=1S/C8H7N3O/c12-8-4-3-6-7(10-11-8)2-1-5-9-6/h1-5,10H,(H,11,12). The second kappa shape index (κ2) is 2.65. The molecular formula is C8H7N3O. The first-order valence-corrected chi connectivity index (χ1v) is 3.55. The van der Waals surface area contributed by atoms with Crippen molar-refractivity contribution in [2.24, 2.45) is 0 Å². The van der Waals surface area contributed by atoms with Crippen LogP contribution in [0.2, 0.25) is 0 Å². The Morgan fingerprint density at radius 2 is 2.17 bits per heavy atom. The third-order valence-electron chi connectivity index (χ3n) is 1.55. The number of anilines is 1. The first-order chi connectivity index (χ1) is 5.86. The predicted molar refractivity (Wildman–Crippen MR) is 45.0 cm³/mol. The quantitative estimate of drug-likeness (QED) is 0.584. The number of hydrogen-bond donors (Lipinski definition) is 2. The van der Waals surface area contributed by atoms with Crippen LogP contribution in [-0.4, -0.2) is 10.9 Å². The van der Waals surface area contributed by atoms with Crippen molar-refractivity contribution in [3.05, 3.63) is 30.1 Å². The van der Waals surface area contributed by atoms with Crippen LogP contribution in [0.3, 0.4) is 0 Å². The molecule has 2 rings (SSSR count). The number of rotatable bonds is 0. The van der Waals surface area contributed by atoms with E-state index in [0.717, 1.165) is 11.4 Å². The minimum Gasteiger partial charge on any atom is -0.296 e. The normalized spacial score (nSPS) is 14.2. The van der Waals surface area contributed by atoms with E-state index in [0.29, 0.717) is 0 Å². The van der Waals surface area contributed by atoms with Crippen LogP contribution in [-0.2, 0) is 4.79 Å². The van der Waals surface area contributed by atoms with Crippen molar-refractivity contribution in [1.29, 1.82) is 0 Å². The number of hydrazine groups is 1. The number of pyridine rings is 1.